The number of hydrogen-bond donors (Lipinski definition) is 0. The van der Waals surface area contributed by atoms with Crippen molar-refractivity contribution in [2.24, 2.45) is 0 Å². The largest absolute Gasteiger partial charge is 0.494 e. The zero-order valence-corrected chi connectivity index (χ0v) is 17.9. The SMILES string of the molecule is CCCCOc1ccc(-c2ccc3c(c2F)C(F)C(F)c2c-3ccc(OCC)c2F)cc1. The molecule has 0 bridgehead atoms. The highest BCUT2D eigenvalue weighted by molar-refractivity contribution is 5.79. The van der Waals surface area contributed by atoms with Gasteiger partial charge < -0.3 is 9.47 Å². The number of alkyl halides is 2. The molecule has 0 saturated heterocycles. The van der Waals surface area contributed by atoms with Gasteiger partial charge in [-0.15, -0.1) is 0 Å². The fraction of sp³-hybridized carbons (Fsp3) is 0.308. The fourth-order valence-corrected chi connectivity index (χ4v) is 4.02. The molecule has 2 atom stereocenters. The maximum Gasteiger partial charge on any atom is 0.171 e. The van der Waals surface area contributed by atoms with Gasteiger partial charge in [0, 0.05) is 16.7 Å². The first-order valence-electron chi connectivity index (χ1n) is 10.8. The molecule has 0 saturated carbocycles. The van der Waals surface area contributed by atoms with Gasteiger partial charge in [0.15, 0.2) is 23.9 Å². The van der Waals surface area contributed by atoms with Gasteiger partial charge in [0.2, 0.25) is 0 Å². The van der Waals surface area contributed by atoms with Crippen LogP contribution in [0, 0.1) is 11.6 Å². The quantitative estimate of drug-likeness (QED) is 0.272. The van der Waals surface area contributed by atoms with E-state index < -0.39 is 35.1 Å². The fourth-order valence-electron chi connectivity index (χ4n) is 4.02. The van der Waals surface area contributed by atoms with Gasteiger partial charge in [-0.3, -0.25) is 0 Å². The monoisotopic (exact) mass is 444 g/mol. The van der Waals surface area contributed by atoms with Crippen LogP contribution in [0.3, 0.4) is 0 Å². The van der Waals surface area contributed by atoms with E-state index in [0.717, 1.165) is 12.8 Å². The van der Waals surface area contributed by atoms with Crippen molar-refractivity contribution in [1.29, 1.82) is 0 Å². The summed E-state index contributed by atoms with van der Waals surface area (Å²) >= 11 is 0. The minimum Gasteiger partial charge on any atom is -0.494 e. The lowest BCUT2D eigenvalue weighted by molar-refractivity contribution is 0.159. The second-order valence-corrected chi connectivity index (χ2v) is 7.69. The Morgan fingerprint density at radius 2 is 1.31 bits per heavy atom. The van der Waals surface area contributed by atoms with Gasteiger partial charge in [0.1, 0.15) is 11.6 Å². The molecule has 0 heterocycles. The Morgan fingerprint density at radius 1 is 0.719 bits per heavy atom. The van der Waals surface area contributed by atoms with Crippen LogP contribution in [-0.4, -0.2) is 13.2 Å². The zero-order valence-electron chi connectivity index (χ0n) is 17.9. The summed E-state index contributed by atoms with van der Waals surface area (Å²) in [6.45, 7) is 4.50. The lowest BCUT2D eigenvalue weighted by Gasteiger charge is -2.28. The van der Waals surface area contributed by atoms with Crippen molar-refractivity contribution in [2.75, 3.05) is 13.2 Å². The van der Waals surface area contributed by atoms with E-state index in [9.17, 15) is 8.78 Å². The minimum absolute atomic E-state index is 0.132. The first kappa shape index (κ1) is 22.2. The predicted molar refractivity (Wildman–Crippen MR) is 117 cm³/mol. The van der Waals surface area contributed by atoms with Crippen LogP contribution >= 0.6 is 0 Å². The van der Waals surface area contributed by atoms with Gasteiger partial charge in [-0.25, -0.2) is 17.6 Å². The number of ether oxygens (including phenoxy) is 2. The molecule has 0 spiro atoms. The molecular weight excluding hydrogens is 420 g/mol. The van der Waals surface area contributed by atoms with Crippen LogP contribution in [0.4, 0.5) is 17.6 Å². The second-order valence-electron chi connectivity index (χ2n) is 7.69. The third-order valence-corrected chi connectivity index (χ3v) is 5.65. The number of hydrogen-bond acceptors (Lipinski definition) is 2. The van der Waals surface area contributed by atoms with Gasteiger partial charge in [-0.2, -0.15) is 0 Å². The summed E-state index contributed by atoms with van der Waals surface area (Å²) < 4.78 is 71.1. The smallest absolute Gasteiger partial charge is 0.171 e. The van der Waals surface area contributed by atoms with Crippen molar-refractivity contribution in [2.45, 2.75) is 39.0 Å². The number of halogens is 4. The lowest BCUT2D eigenvalue weighted by Crippen LogP contribution is -2.16. The van der Waals surface area contributed by atoms with Gasteiger partial charge >= 0.3 is 0 Å². The molecule has 0 aliphatic heterocycles. The molecular formula is C26H24F4O2. The summed E-state index contributed by atoms with van der Waals surface area (Å²) in [5.74, 6) is -1.30. The van der Waals surface area contributed by atoms with Crippen LogP contribution in [-0.2, 0) is 0 Å². The van der Waals surface area contributed by atoms with Crippen molar-refractivity contribution < 1.29 is 27.0 Å². The molecule has 0 N–H and O–H groups in total. The average molecular weight is 444 g/mol. The standard InChI is InChI=1S/C26H24F4O2/c1-3-5-14-32-16-8-6-15(7-9-16)17-10-11-18-19-12-13-20(31-4-2)24(28)22(19)26(30)25(29)21(18)23(17)27/h6-13,25-26H,3-5,14H2,1-2H3. The van der Waals surface area contributed by atoms with E-state index in [1.54, 1.807) is 31.2 Å². The Hall–Kier alpha value is -3.02. The second kappa shape index (κ2) is 9.23. The molecule has 0 radical (unpaired) electrons. The van der Waals surface area contributed by atoms with Crippen molar-refractivity contribution in [3.05, 3.63) is 71.3 Å². The zero-order chi connectivity index (χ0) is 22.8. The summed E-state index contributed by atoms with van der Waals surface area (Å²) in [7, 11) is 0. The highest BCUT2D eigenvalue weighted by atomic mass is 19.2. The number of unbranched alkanes of at least 4 members (excludes halogenated alkanes) is 1. The lowest BCUT2D eigenvalue weighted by atomic mass is 9.81. The van der Waals surface area contributed by atoms with E-state index in [0.29, 0.717) is 17.9 Å². The summed E-state index contributed by atoms with van der Waals surface area (Å²) in [5.41, 5.74) is 0.107. The highest BCUT2D eigenvalue weighted by Gasteiger charge is 2.40. The van der Waals surface area contributed by atoms with E-state index in [1.807, 2.05) is 0 Å². The summed E-state index contributed by atoms with van der Waals surface area (Å²) in [6.07, 6.45) is -2.73. The van der Waals surface area contributed by atoms with Gasteiger partial charge in [-0.05, 0) is 48.2 Å². The molecule has 1 aliphatic rings. The van der Waals surface area contributed by atoms with E-state index in [-0.39, 0.29) is 29.0 Å². The number of benzene rings is 3. The summed E-state index contributed by atoms with van der Waals surface area (Å²) in [6, 6.07) is 12.6. The highest BCUT2D eigenvalue weighted by Crippen LogP contribution is 2.52. The van der Waals surface area contributed by atoms with E-state index in [1.165, 1.54) is 24.3 Å². The van der Waals surface area contributed by atoms with Crippen LogP contribution in [0.2, 0.25) is 0 Å². The average Bonchev–Trinajstić information content (AvgIpc) is 2.79. The molecule has 3 aromatic rings. The number of rotatable bonds is 7. The maximum absolute atomic E-state index is 15.5. The van der Waals surface area contributed by atoms with Crippen LogP contribution in [0.1, 0.15) is 50.2 Å². The van der Waals surface area contributed by atoms with E-state index in [4.69, 9.17) is 9.47 Å². The van der Waals surface area contributed by atoms with Gasteiger partial charge in [0.25, 0.3) is 0 Å². The van der Waals surface area contributed by atoms with Crippen LogP contribution in [0.25, 0.3) is 22.3 Å². The molecule has 168 valence electrons. The van der Waals surface area contributed by atoms with E-state index >= 15 is 8.78 Å². The molecule has 0 amide bonds. The molecule has 32 heavy (non-hydrogen) atoms. The molecule has 2 nitrogen and oxygen atoms in total. The Balaban J connectivity index is 1.75. The van der Waals surface area contributed by atoms with Gasteiger partial charge in [-0.1, -0.05) is 43.7 Å². The Labute approximate surface area is 184 Å². The number of fused-ring (bicyclic) bond motifs is 3. The van der Waals surface area contributed by atoms with Crippen LogP contribution in [0.5, 0.6) is 11.5 Å². The van der Waals surface area contributed by atoms with Crippen molar-refractivity contribution >= 4 is 0 Å². The summed E-state index contributed by atoms with van der Waals surface area (Å²) in [4.78, 5) is 0. The maximum atomic E-state index is 15.5. The Bertz CT molecular complexity index is 1110. The third-order valence-electron chi connectivity index (χ3n) is 5.65. The molecule has 4 rings (SSSR count). The predicted octanol–water partition coefficient (Wildman–Crippen LogP) is 7.91. The molecule has 0 fully saturated rings. The minimum atomic E-state index is -2.34. The van der Waals surface area contributed by atoms with Crippen molar-refractivity contribution in [3.8, 4) is 33.8 Å². The van der Waals surface area contributed by atoms with Crippen LogP contribution in [0.15, 0.2) is 48.5 Å². The Kier molecular flexibility index (Phi) is 6.40. The molecule has 3 aromatic carbocycles. The van der Waals surface area contributed by atoms with Crippen molar-refractivity contribution in [1.82, 2.24) is 0 Å². The van der Waals surface area contributed by atoms with E-state index in [2.05, 4.69) is 6.92 Å². The van der Waals surface area contributed by atoms with Crippen molar-refractivity contribution in [3.63, 3.8) is 0 Å². The first-order chi connectivity index (χ1) is 15.5. The molecule has 0 aromatic heterocycles. The molecule has 2 unspecified atom stereocenters. The molecule has 6 heteroatoms. The summed E-state index contributed by atoms with van der Waals surface area (Å²) in [5, 5.41) is 0. The van der Waals surface area contributed by atoms with Crippen LogP contribution < -0.4 is 9.47 Å². The topological polar surface area (TPSA) is 18.5 Å². The third kappa shape index (κ3) is 3.83. The first-order valence-corrected chi connectivity index (χ1v) is 10.8. The normalized spacial score (nSPS) is 16.9. The molecule has 1 aliphatic carbocycles. The van der Waals surface area contributed by atoms with Gasteiger partial charge in [0.05, 0.1) is 13.2 Å². The Morgan fingerprint density at radius 3 is 1.94 bits per heavy atom.